The van der Waals surface area contributed by atoms with Crippen LogP contribution in [-0.2, 0) is 6.18 Å². The molecule has 0 saturated carbocycles. The number of nitrogens with two attached hydrogens (primary N) is 1. The molecule has 0 unspecified atom stereocenters. The van der Waals surface area contributed by atoms with Crippen molar-refractivity contribution >= 4 is 28.1 Å². The summed E-state index contributed by atoms with van der Waals surface area (Å²) in [6, 6.07) is 7.66. The molecule has 0 spiro atoms. The van der Waals surface area contributed by atoms with Crippen molar-refractivity contribution in [1.82, 2.24) is 9.97 Å². The lowest BCUT2D eigenvalue weighted by molar-refractivity contribution is -0.139. The number of halogens is 4. The van der Waals surface area contributed by atoms with Crippen LogP contribution in [0.4, 0.5) is 34.8 Å². The van der Waals surface area contributed by atoms with Crippen LogP contribution in [-0.4, -0.2) is 9.97 Å². The molecule has 1 aromatic heterocycles. The molecule has 3 aromatic rings. The largest absolute Gasteiger partial charge is 0.419 e. The smallest absolute Gasteiger partial charge is 0.397 e. The van der Waals surface area contributed by atoms with Crippen LogP contribution in [0.2, 0.25) is 0 Å². The molecule has 0 fully saturated rings. The molecule has 0 radical (unpaired) electrons. The molecule has 0 saturated heterocycles. The maximum absolute atomic E-state index is 13.3. The normalized spacial score (nSPS) is 10.4. The molecular weight excluding hydrogens is 360 g/mol. The summed E-state index contributed by atoms with van der Waals surface area (Å²) in [6.07, 6.45) is -3.53. The van der Waals surface area contributed by atoms with Crippen molar-refractivity contribution in [3.8, 4) is 0 Å². The zero-order chi connectivity index (χ0) is 20.6. The van der Waals surface area contributed by atoms with Gasteiger partial charge in [-0.1, -0.05) is 33.8 Å². The molecule has 146 valence electrons. The van der Waals surface area contributed by atoms with E-state index in [2.05, 4.69) is 15.3 Å². The summed E-state index contributed by atoms with van der Waals surface area (Å²) in [4.78, 5) is 8.04. The highest BCUT2D eigenvalue weighted by Gasteiger charge is 2.34. The fourth-order valence-corrected chi connectivity index (χ4v) is 2.17. The summed E-state index contributed by atoms with van der Waals surface area (Å²) >= 11 is 0. The minimum atomic E-state index is -4.78. The Morgan fingerprint density at radius 2 is 1.63 bits per heavy atom. The lowest BCUT2D eigenvalue weighted by atomic mass is 10.1. The van der Waals surface area contributed by atoms with Gasteiger partial charge in [-0.15, -0.1) is 0 Å². The Labute approximate surface area is 155 Å². The molecule has 4 nitrogen and oxygen atoms in total. The Morgan fingerprint density at radius 3 is 2.26 bits per heavy atom. The van der Waals surface area contributed by atoms with Crippen LogP contribution in [0.5, 0.6) is 0 Å². The topological polar surface area (TPSA) is 63.8 Å². The van der Waals surface area contributed by atoms with Crippen molar-refractivity contribution in [2.75, 3.05) is 11.1 Å². The number of nitrogen functional groups attached to an aromatic ring is 1. The highest BCUT2D eigenvalue weighted by molar-refractivity contribution is 5.97. The van der Waals surface area contributed by atoms with Crippen molar-refractivity contribution in [3.05, 3.63) is 54.1 Å². The molecule has 3 N–H and O–H groups in total. The average molecular weight is 382 g/mol. The van der Waals surface area contributed by atoms with Gasteiger partial charge in [0, 0.05) is 11.1 Å². The minimum Gasteiger partial charge on any atom is -0.397 e. The summed E-state index contributed by atoms with van der Waals surface area (Å²) in [5.41, 5.74) is 5.41. The molecule has 27 heavy (non-hydrogen) atoms. The lowest BCUT2D eigenvalue weighted by Crippen LogP contribution is -2.09. The standard InChI is InChI=1S/C15H10F4N4.2C2H6/c16-11-5-4-8(6-10(11)15(17,18)19)23-14-9-2-1-3-12(20)13(9)21-7-22-14;2*1-2/h1-7H,20H2,(H,21,22,23);2*1-2H3. The van der Waals surface area contributed by atoms with E-state index in [1.54, 1.807) is 18.2 Å². The van der Waals surface area contributed by atoms with Crippen LogP contribution in [0.25, 0.3) is 10.9 Å². The molecule has 2 aromatic carbocycles. The molecule has 0 atom stereocenters. The van der Waals surface area contributed by atoms with E-state index in [9.17, 15) is 17.6 Å². The number of hydrogen-bond acceptors (Lipinski definition) is 4. The molecule has 0 bridgehead atoms. The van der Waals surface area contributed by atoms with Crippen molar-refractivity contribution in [2.45, 2.75) is 33.9 Å². The van der Waals surface area contributed by atoms with Gasteiger partial charge in [0.05, 0.1) is 16.8 Å². The molecule has 0 aliphatic carbocycles. The number of nitrogens with one attached hydrogen (secondary N) is 1. The number of anilines is 3. The number of hydrogen-bond donors (Lipinski definition) is 2. The maximum atomic E-state index is 13.3. The monoisotopic (exact) mass is 382 g/mol. The van der Waals surface area contributed by atoms with E-state index in [1.165, 1.54) is 12.4 Å². The van der Waals surface area contributed by atoms with E-state index >= 15 is 0 Å². The number of nitrogens with zero attached hydrogens (tertiary/aromatic N) is 2. The fourth-order valence-electron chi connectivity index (χ4n) is 2.17. The Bertz CT molecular complexity index is 879. The second kappa shape index (κ2) is 9.70. The second-order valence-electron chi connectivity index (χ2n) is 4.78. The second-order valence-corrected chi connectivity index (χ2v) is 4.78. The van der Waals surface area contributed by atoms with Gasteiger partial charge in [-0.25, -0.2) is 14.4 Å². The third-order valence-corrected chi connectivity index (χ3v) is 3.23. The first-order chi connectivity index (χ1) is 12.9. The SMILES string of the molecule is CC.CC.Nc1cccc2c(Nc3ccc(F)c(C(F)(F)F)c3)ncnc12. The van der Waals surface area contributed by atoms with Crippen LogP contribution < -0.4 is 11.1 Å². The van der Waals surface area contributed by atoms with E-state index in [1.807, 2.05) is 27.7 Å². The number of rotatable bonds is 2. The zero-order valence-corrected chi connectivity index (χ0v) is 15.5. The summed E-state index contributed by atoms with van der Waals surface area (Å²) in [5.74, 6) is -1.05. The number of aromatic nitrogens is 2. The Kier molecular flexibility index (Phi) is 7.96. The fraction of sp³-hybridized carbons (Fsp3) is 0.263. The minimum absolute atomic E-state index is 0.0566. The summed E-state index contributed by atoms with van der Waals surface area (Å²) in [6.45, 7) is 8.00. The number of alkyl halides is 3. The third-order valence-electron chi connectivity index (χ3n) is 3.23. The third kappa shape index (κ3) is 5.29. The van der Waals surface area contributed by atoms with Gasteiger partial charge in [-0.3, -0.25) is 0 Å². The number of benzene rings is 2. The molecule has 0 aliphatic heterocycles. The van der Waals surface area contributed by atoms with Gasteiger partial charge in [-0.05, 0) is 30.3 Å². The molecule has 8 heteroatoms. The highest BCUT2D eigenvalue weighted by Crippen LogP contribution is 2.34. The average Bonchev–Trinajstić information content (AvgIpc) is 2.66. The zero-order valence-electron chi connectivity index (χ0n) is 15.5. The van der Waals surface area contributed by atoms with E-state index in [4.69, 9.17) is 5.73 Å². The molecular formula is C19H22F4N4. The van der Waals surface area contributed by atoms with Crippen molar-refractivity contribution < 1.29 is 17.6 Å². The lowest BCUT2D eigenvalue weighted by Gasteiger charge is -2.12. The molecule has 0 amide bonds. The van der Waals surface area contributed by atoms with Crippen molar-refractivity contribution in [2.24, 2.45) is 0 Å². The quantitative estimate of drug-likeness (QED) is 0.411. The van der Waals surface area contributed by atoms with E-state index < -0.39 is 17.6 Å². The highest BCUT2D eigenvalue weighted by atomic mass is 19.4. The van der Waals surface area contributed by atoms with Crippen molar-refractivity contribution in [1.29, 1.82) is 0 Å². The predicted octanol–water partition coefficient (Wildman–Crippen LogP) is 6.17. The first-order valence-corrected chi connectivity index (χ1v) is 8.49. The van der Waals surface area contributed by atoms with Crippen LogP contribution >= 0.6 is 0 Å². The van der Waals surface area contributed by atoms with Gasteiger partial charge in [0.1, 0.15) is 18.0 Å². The van der Waals surface area contributed by atoms with Gasteiger partial charge in [0.15, 0.2) is 0 Å². The first kappa shape index (κ1) is 22.1. The first-order valence-electron chi connectivity index (χ1n) is 8.49. The van der Waals surface area contributed by atoms with Crippen LogP contribution in [0.1, 0.15) is 33.3 Å². The van der Waals surface area contributed by atoms with E-state index in [0.29, 0.717) is 22.7 Å². The van der Waals surface area contributed by atoms with Gasteiger partial charge < -0.3 is 11.1 Å². The number of para-hydroxylation sites is 1. The Morgan fingerprint density at radius 1 is 0.963 bits per heavy atom. The Hall–Kier alpha value is -2.90. The summed E-state index contributed by atoms with van der Waals surface area (Å²) in [7, 11) is 0. The van der Waals surface area contributed by atoms with Crippen LogP contribution in [0.3, 0.4) is 0 Å². The van der Waals surface area contributed by atoms with Crippen molar-refractivity contribution in [3.63, 3.8) is 0 Å². The van der Waals surface area contributed by atoms with Crippen LogP contribution in [0, 0.1) is 5.82 Å². The summed E-state index contributed by atoms with van der Waals surface area (Å²) in [5, 5.41) is 3.29. The maximum Gasteiger partial charge on any atom is 0.419 e. The predicted molar refractivity (Wildman–Crippen MR) is 101 cm³/mol. The van der Waals surface area contributed by atoms with Gasteiger partial charge >= 0.3 is 6.18 Å². The van der Waals surface area contributed by atoms with E-state index in [0.717, 1.165) is 6.07 Å². The molecule has 1 heterocycles. The van der Waals surface area contributed by atoms with E-state index in [-0.39, 0.29) is 11.5 Å². The summed E-state index contributed by atoms with van der Waals surface area (Å²) < 4.78 is 51.6. The molecule has 3 rings (SSSR count). The Balaban J connectivity index is 0.000000855. The van der Waals surface area contributed by atoms with Gasteiger partial charge in [-0.2, -0.15) is 13.2 Å². The number of fused-ring (bicyclic) bond motifs is 1. The van der Waals surface area contributed by atoms with Gasteiger partial charge in [0.2, 0.25) is 0 Å². The van der Waals surface area contributed by atoms with Crippen LogP contribution in [0.15, 0.2) is 42.7 Å². The van der Waals surface area contributed by atoms with Gasteiger partial charge in [0.25, 0.3) is 0 Å². The molecule has 0 aliphatic rings.